The van der Waals surface area contributed by atoms with Crippen molar-refractivity contribution in [3.8, 4) is 0 Å². The first kappa shape index (κ1) is 11.5. The van der Waals surface area contributed by atoms with Crippen LogP contribution >= 0.6 is 0 Å². The number of hydrogen-bond donors (Lipinski definition) is 0. The SMILES string of the molecule is O=CCC1CC(=O)N(c2ccccc2)C(=O)C1. The van der Waals surface area contributed by atoms with Crippen LogP contribution in [0, 0.1) is 5.92 Å². The highest BCUT2D eigenvalue weighted by molar-refractivity contribution is 6.16. The molecule has 1 aliphatic heterocycles. The first-order valence-electron chi connectivity index (χ1n) is 5.57. The van der Waals surface area contributed by atoms with Gasteiger partial charge in [0.1, 0.15) is 6.29 Å². The van der Waals surface area contributed by atoms with E-state index < -0.39 is 0 Å². The van der Waals surface area contributed by atoms with Gasteiger partial charge < -0.3 is 4.79 Å². The van der Waals surface area contributed by atoms with E-state index in [4.69, 9.17) is 0 Å². The normalized spacial score (nSPS) is 17.3. The first-order valence-corrected chi connectivity index (χ1v) is 5.57. The van der Waals surface area contributed by atoms with Crippen LogP contribution in [0.4, 0.5) is 5.69 Å². The Balaban J connectivity index is 2.18. The van der Waals surface area contributed by atoms with Gasteiger partial charge in [-0.15, -0.1) is 0 Å². The van der Waals surface area contributed by atoms with E-state index in [1.54, 1.807) is 24.3 Å². The molecule has 1 fully saturated rings. The van der Waals surface area contributed by atoms with Crippen molar-refractivity contribution in [2.75, 3.05) is 4.90 Å². The summed E-state index contributed by atoms with van der Waals surface area (Å²) in [5, 5.41) is 0. The predicted octanol–water partition coefficient (Wildman–Crippen LogP) is 1.55. The molecular weight excluding hydrogens is 218 g/mol. The molecule has 0 aliphatic carbocycles. The van der Waals surface area contributed by atoms with Gasteiger partial charge in [-0.25, -0.2) is 0 Å². The van der Waals surface area contributed by atoms with Crippen LogP contribution in [0.3, 0.4) is 0 Å². The second-order valence-corrected chi connectivity index (χ2v) is 4.14. The molecule has 4 heteroatoms. The molecule has 0 spiro atoms. The topological polar surface area (TPSA) is 54.5 Å². The molecule has 0 saturated carbocycles. The van der Waals surface area contributed by atoms with Crippen LogP contribution in [0.2, 0.25) is 0 Å². The maximum atomic E-state index is 11.9. The summed E-state index contributed by atoms with van der Waals surface area (Å²) in [5.41, 5.74) is 0.604. The van der Waals surface area contributed by atoms with Crippen molar-refractivity contribution < 1.29 is 14.4 Å². The highest BCUT2D eigenvalue weighted by Gasteiger charge is 2.32. The van der Waals surface area contributed by atoms with Crippen LogP contribution in [-0.2, 0) is 14.4 Å². The van der Waals surface area contributed by atoms with Crippen molar-refractivity contribution in [1.29, 1.82) is 0 Å². The van der Waals surface area contributed by atoms with Crippen LogP contribution in [0.25, 0.3) is 0 Å². The standard InChI is InChI=1S/C13H13NO3/c15-7-6-10-8-12(16)14(13(17)9-10)11-4-2-1-3-5-11/h1-5,7,10H,6,8-9H2. The summed E-state index contributed by atoms with van der Waals surface area (Å²) < 4.78 is 0. The molecule has 2 rings (SSSR count). The molecule has 1 aromatic rings. The third-order valence-corrected chi connectivity index (χ3v) is 2.87. The lowest BCUT2D eigenvalue weighted by Gasteiger charge is -2.29. The average molecular weight is 231 g/mol. The maximum Gasteiger partial charge on any atom is 0.234 e. The highest BCUT2D eigenvalue weighted by Crippen LogP contribution is 2.26. The van der Waals surface area contributed by atoms with Gasteiger partial charge in [-0.3, -0.25) is 14.5 Å². The molecule has 1 saturated heterocycles. The lowest BCUT2D eigenvalue weighted by molar-refractivity contribution is -0.130. The smallest absolute Gasteiger partial charge is 0.234 e. The van der Waals surface area contributed by atoms with E-state index >= 15 is 0 Å². The van der Waals surface area contributed by atoms with Gasteiger partial charge in [0, 0.05) is 19.3 Å². The van der Waals surface area contributed by atoms with Gasteiger partial charge in [0.2, 0.25) is 11.8 Å². The molecule has 0 aromatic heterocycles. The Morgan fingerprint density at radius 3 is 2.24 bits per heavy atom. The number of carbonyl (C=O) groups excluding carboxylic acids is 3. The van der Waals surface area contributed by atoms with Gasteiger partial charge in [0.15, 0.2) is 0 Å². The molecule has 0 unspecified atom stereocenters. The Labute approximate surface area is 99.2 Å². The van der Waals surface area contributed by atoms with E-state index in [1.807, 2.05) is 6.07 Å². The Hall–Kier alpha value is -1.97. The molecule has 17 heavy (non-hydrogen) atoms. The predicted molar refractivity (Wildman–Crippen MR) is 62.3 cm³/mol. The Bertz CT molecular complexity index is 423. The number of para-hydroxylation sites is 1. The molecule has 2 amide bonds. The van der Waals surface area contributed by atoms with Crippen molar-refractivity contribution in [3.05, 3.63) is 30.3 Å². The summed E-state index contributed by atoms with van der Waals surface area (Å²) in [4.78, 5) is 35.4. The van der Waals surface area contributed by atoms with Crippen LogP contribution in [0.5, 0.6) is 0 Å². The Morgan fingerprint density at radius 2 is 1.71 bits per heavy atom. The number of imide groups is 1. The third-order valence-electron chi connectivity index (χ3n) is 2.87. The molecule has 0 radical (unpaired) electrons. The number of nitrogens with zero attached hydrogens (tertiary/aromatic N) is 1. The van der Waals surface area contributed by atoms with Crippen molar-refractivity contribution in [3.63, 3.8) is 0 Å². The van der Waals surface area contributed by atoms with Gasteiger partial charge in [0.25, 0.3) is 0 Å². The molecule has 1 aromatic carbocycles. The lowest BCUT2D eigenvalue weighted by Crippen LogP contribution is -2.43. The minimum absolute atomic E-state index is 0.132. The van der Waals surface area contributed by atoms with Crippen molar-refractivity contribution in [2.45, 2.75) is 19.3 Å². The molecule has 1 aliphatic rings. The van der Waals surface area contributed by atoms with Crippen LogP contribution in [0.15, 0.2) is 30.3 Å². The fraction of sp³-hybridized carbons (Fsp3) is 0.308. The third kappa shape index (κ3) is 2.41. The zero-order valence-electron chi connectivity index (χ0n) is 9.33. The zero-order chi connectivity index (χ0) is 12.3. The summed E-state index contributed by atoms with van der Waals surface area (Å²) in [5.74, 6) is -0.578. The van der Waals surface area contributed by atoms with E-state index in [9.17, 15) is 14.4 Å². The van der Waals surface area contributed by atoms with E-state index in [0.717, 1.165) is 6.29 Å². The second-order valence-electron chi connectivity index (χ2n) is 4.14. The number of aldehydes is 1. The number of amides is 2. The fourth-order valence-corrected chi connectivity index (χ4v) is 2.06. The number of rotatable bonds is 3. The van der Waals surface area contributed by atoms with Crippen molar-refractivity contribution >= 4 is 23.8 Å². The molecule has 0 bridgehead atoms. The minimum atomic E-state index is -0.223. The summed E-state index contributed by atoms with van der Waals surface area (Å²) >= 11 is 0. The summed E-state index contributed by atoms with van der Waals surface area (Å²) in [7, 11) is 0. The lowest BCUT2D eigenvalue weighted by atomic mass is 9.92. The molecule has 0 atom stereocenters. The fourth-order valence-electron chi connectivity index (χ4n) is 2.06. The van der Waals surface area contributed by atoms with E-state index in [1.165, 1.54) is 4.90 Å². The number of benzene rings is 1. The summed E-state index contributed by atoms with van der Waals surface area (Å²) in [6.07, 6.45) is 1.57. The van der Waals surface area contributed by atoms with E-state index in [0.29, 0.717) is 5.69 Å². The molecule has 0 N–H and O–H groups in total. The average Bonchev–Trinajstić information content (AvgIpc) is 2.30. The highest BCUT2D eigenvalue weighted by atomic mass is 16.2. The second kappa shape index (κ2) is 4.91. The van der Waals surface area contributed by atoms with E-state index in [2.05, 4.69) is 0 Å². The van der Waals surface area contributed by atoms with Crippen LogP contribution < -0.4 is 4.90 Å². The number of anilines is 1. The van der Waals surface area contributed by atoms with Gasteiger partial charge in [-0.05, 0) is 18.1 Å². The molecule has 88 valence electrons. The quantitative estimate of drug-likeness (QED) is 0.585. The van der Waals surface area contributed by atoms with Gasteiger partial charge in [-0.2, -0.15) is 0 Å². The number of carbonyl (C=O) groups is 3. The number of piperidine rings is 1. The molecule has 4 nitrogen and oxygen atoms in total. The largest absolute Gasteiger partial charge is 0.303 e. The Morgan fingerprint density at radius 1 is 1.12 bits per heavy atom. The van der Waals surface area contributed by atoms with E-state index in [-0.39, 0.29) is 37.0 Å². The monoisotopic (exact) mass is 231 g/mol. The molecule has 1 heterocycles. The van der Waals surface area contributed by atoms with Crippen LogP contribution in [-0.4, -0.2) is 18.1 Å². The van der Waals surface area contributed by atoms with Gasteiger partial charge in [0.05, 0.1) is 5.69 Å². The van der Waals surface area contributed by atoms with Gasteiger partial charge in [-0.1, -0.05) is 18.2 Å². The molecular formula is C13H13NO3. The minimum Gasteiger partial charge on any atom is -0.303 e. The van der Waals surface area contributed by atoms with Crippen LogP contribution in [0.1, 0.15) is 19.3 Å². The zero-order valence-corrected chi connectivity index (χ0v) is 9.33. The summed E-state index contributed by atoms with van der Waals surface area (Å²) in [6.45, 7) is 0. The first-order chi connectivity index (χ1) is 8.22. The summed E-state index contributed by atoms with van der Waals surface area (Å²) in [6, 6.07) is 8.87. The van der Waals surface area contributed by atoms with Crippen molar-refractivity contribution in [2.24, 2.45) is 5.92 Å². The van der Waals surface area contributed by atoms with Gasteiger partial charge >= 0.3 is 0 Å². The van der Waals surface area contributed by atoms with Crippen molar-refractivity contribution in [1.82, 2.24) is 0 Å². The maximum absolute atomic E-state index is 11.9. The Kier molecular flexibility index (Phi) is 3.32. The number of hydrogen-bond acceptors (Lipinski definition) is 3.